The maximum Gasteiger partial charge on any atom is 0.260 e. The number of piperazine rings is 1. The molecule has 2 rings (SSSR count). The van der Waals surface area contributed by atoms with E-state index in [2.05, 4.69) is 5.32 Å². The Morgan fingerprint density at radius 1 is 1.33 bits per heavy atom. The molecule has 6 heteroatoms. The molecule has 0 saturated carbocycles. The third kappa shape index (κ3) is 3.51. The molecule has 18 heavy (non-hydrogen) atoms. The number of hydrogen-bond acceptors (Lipinski definition) is 2. The number of rotatable bonds is 3. The van der Waals surface area contributed by atoms with Gasteiger partial charge in [0, 0.05) is 11.1 Å². The average Bonchev–Trinajstić information content (AvgIpc) is 2.40. The molecule has 0 unspecified atom stereocenters. The van der Waals surface area contributed by atoms with Crippen LogP contribution in [0.25, 0.3) is 0 Å². The van der Waals surface area contributed by atoms with Crippen molar-refractivity contribution >= 4 is 29.1 Å². The minimum Gasteiger partial charge on any atom is -0.482 e. The molecule has 2 N–H and O–H groups in total. The second kappa shape index (κ2) is 6.27. The molecule has 0 aromatic heterocycles. The summed E-state index contributed by atoms with van der Waals surface area (Å²) < 4.78 is 5.41. The van der Waals surface area contributed by atoms with Crippen LogP contribution >= 0.6 is 23.2 Å². The predicted molar refractivity (Wildman–Crippen MR) is 70.2 cm³/mol. The standard InChI is InChI=1S/C12H14Cl2N2O2/c13-9-1-2-10(14)11(7-9)18-8-12(17)16-5-3-15-4-6-16/h1-2,7,15H,3-6,8H2/p+1. The number of nitrogens with zero attached hydrogens (tertiary/aromatic N) is 1. The van der Waals surface area contributed by atoms with Crippen molar-refractivity contribution < 1.29 is 14.8 Å². The molecule has 98 valence electrons. The van der Waals surface area contributed by atoms with Gasteiger partial charge in [-0.25, -0.2) is 0 Å². The Morgan fingerprint density at radius 3 is 2.78 bits per heavy atom. The van der Waals surface area contributed by atoms with Gasteiger partial charge in [0.05, 0.1) is 31.2 Å². The number of hydrogen-bond donors (Lipinski definition) is 1. The highest BCUT2D eigenvalue weighted by atomic mass is 35.5. The van der Waals surface area contributed by atoms with Gasteiger partial charge in [0.2, 0.25) is 0 Å². The summed E-state index contributed by atoms with van der Waals surface area (Å²) in [5.74, 6) is 0.431. The zero-order valence-corrected chi connectivity index (χ0v) is 11.4. The fourth-order valence-corrected chi connectivity index (χ4v) is 2.15. The zero-order chi connectivity index (χ0) is 13.0. The summed E-state index contributed by atoms with van der Waals surface area (Å²) in [4.78, 5) is 13.7. The monoisotopic (exact) mass is 289 g/mol. The van der Waals surface area contributed by atoms with E-state index in [0.717, 1.165) is 26.2 Å². The van der Waals surface area contributed by atoms with Gasteiger partial charge in [-0.15, -0.1) is 0 Å². The second-order valence-corrected chi connectivity index (χ2v) is 4.95. The fourth-order valence-electron chi connectivity index (χ4n) is 1.82. The minimum atomic E-state index is -0.0147. The van der Waals surface area contributed by atoms with Crippen LogP contribution in [-0.2, 0) is 4.79 Å². The van der Waals surface area contributed by atoms with Crippen LogP contribution in [-0.4, -0.2) is 43.6 Å². The smallest absolute Gasteiger partial charge is 0.260 e. The van der Waals surface area contributed by atoms with E-state index in [1.165, 1.54) is 0 Å². The highest BCUT2D eigenvalue weighted by Gasteiger charge is 2.18. The van der Waals surface area contributed by atoms with Crippen LogP contribution in [0.1, 0.15) is 0 Å². The largest absolute Gasteiger partial charge is 0.482 e. The number of nitrogens with two attached hydrogens (primary N) is 1. The number of ether oxygens (including phenoxy) is 1. The number of carbonyl (C=O) groups excluding carboxylic acids is 1. The van der Waals surface area contributed by atoms with Gasteiger partial charge in [0.15, 0.2) is 6.61 Å². The Bertz CT molecular complexity index is 434. The van der Waals surface area contributed by atoms with Crippen molar-refractivity contribution in [2.75, 3.05) is 32.8 Å². The molecule has 1 aromatic carbocycles. The van der Waals surface area contributed by atoms with Crippen LogP contribution in [0.5, 0.6) is 5.75 Å². The summed E-state index contributed by atoms with van der Waals surface area (Å²) in [5, 5.41) is 3.19. The topological polar surface area (TPSA) is 46.1 Å². The van der Waals surface area contributed by atoms with Gasteiger partial charge in [0.25, 0.3) is 5.91 Å². The number of halogens is 2. The van der Waals surface area contributed by atoms with Gasteiger partial charge in [0.1, 0.15) is 5.75 Å². The van der Waals surface area contributed by atoms with E-state index in [1.54, 1.807) is 23.1 Å². The van der Waals surface area contributed by atoms with Crippen molar-refractivity contribution in [3.05, 3.63) is 28.2 Å². The van der Waals surface area contributed by atoms with Crippen LogP contribution in [0.2, 0.25) is 10.0 Å². The average molecular weight is 290 g/mol. The summed E-state index contributed by atoms with van der Waals surface area (Å²) in [5.41, 5.74) is 0. The van der Waals surface area contributed by atoms with Crippen molar-refractivity contribution in [3.8, 4) is 5.75 Å². The molecular formula is C12H15Cl2N2O2+. The van der Waals surface area contributed by atoms with Crippen LogP contribution in [0.4, 0.5) is 0 Å². The second-order valence-electron chi connectivity index (χ2n) is 4.11. The van der Waals surface area contributed by atoms with Crippen LogP contribution in [0, 0.1) is 0 Å². The summed E-state index contributed by atoms with van der Waals surface area (Å²) in [6, 6.07) is 4.94. The third-order valence-corrected chi connectivity index (χ3v) is 3.35. The quantitative estimate of drug-likeness (QED) is 0.894. The normalized spacial score (nSPS) is 15.6. The molecule has 0 spiro atoms. The fraction of sp³-hybridized carbons (Fsp3) is 0.417. The van der Waals surface area contributed by atoms with Gasteiger partial charge in [-0.2, -0.15) is 0 Å². The molecule has 1 saturated heterocycles. The number of quaternary nitrogens is 1. The molecule has 1 fully saturated rings. The van der Waals surface area contributed by atoms with Crippen LogP contribution < -0.4 is 10.1 Å². The lowest BCUT2D eigenvalue weighted by Gasteiger charge is -2.25. The maximum absolute atomic E-state index is 11.9. The molecular weight excluding hydrogens is 275 g/mol. The molecule has 0 atom stereocenters. The van der Waals surface area contributed by atoms with Crippen molar-refractivity contribution in [2.45, 2.75) is 0 Å². The summed E-state index contributed by atoms with van der Waals surface area (Å²) in [7, 11) is 0. The van der Waals surface area contributed by atoms with Crippen molar-refractivity contribution in [1.29, 1.82) is 0 Å². The minimum absolute atomic E-state index is 0.0000617. The van der Waals surface area contributed by atoms with E-state index in [1.807, 2.05) is 0 Å². The van der Waals surface area contributed by atoms with E-state index < -0.39 is 0 Å². The Hall–Kier alpha value is -0.970. The molecule has 0 radical (unpaired) electrons. The van der Waals surface area contributed by atoms with Crippen LogP contribution in [0.15, 0.2) is 18.2 Å². The molecule has 0 aliphatic carbocycles. The lowest BCUT2D eigenvalue weighted by Crippen LogP contribution is -2.90. The van der Waals surface area contributed by atoms with E-state index in [9.17, 15) is 4.79 Å². The van der Waals surface area contributed by atoms with E-state index in [4.69, 9.17) is 27.9 Å². The maximum atomic E-state index is 11.9. The molecule has 1 amide bonds. The Kier molecular flexibility index (Phi) is 4.69. The van der Waals surface area contributed by atoms with Crippen LogP contribution in [0.3, 0.4) is 0 Å². The van der Waals surface area contributed by atoms with Crippen molar-refractivity contribution in [2.24, 2.45) is 0 Å². The Labute approximate surface area is 116 Å². The number of amides is 1. The molecule has 0 bridgehead atoms. The first kappa shape index (κ1) is 13.5. The van der Waals surface area contributed by atoms with E-state index >= 15 is 0 Å². The molecule has 4 nitrogen and oxygen atoms in total. The molecule has 1 aliphatic heterocycles. The number of carbonyl (C=O) groups is 1. The van der Waals surface area contributed by atoms with Crippen molar-refractivity contribution in [1.82, 2.24) is 4.90 Å². The van der Waals surface area contributed by atoms with Gasteiger partial charge in [-0.1, -0.05) is 23.2 Å². The number of benzene rings is 1. The molecule has 1 aromatic rings. The van der Waals surface area contributed by atoms with Crippen molar-refractivity contribution in [3.63, 3.8) is 0 Å². The Morgan fingerprint density at radius 2 is 2.06 bits per heavy atom. The molecule has 1 aliphatic rings. The first-order valence-electron chi connectivity index (χ1n) is 5.84. The van der Waals surface area contributed by atoms with Gasteiger partial charge >= 0.3 is 0 Å². The zero-order valence-electron chi connectivity index (χ0n) is 9.86. The summed E-state index contributed by atoms with van der Waals surface area (Å²) in [6.45, 7) is 3.43. The summed E-state index contributed by atoms with van der Waals surface area (Å²) >= 11 is 11.8. The third-order valence-electron chi connectivity index (χ3n) is 2.80. The first-order chi connectivity index (χ1) is 8.66. The van der Waals surface area contributed by atoms with Gasteiger partial charge < -0.3 is 15.0 Å². The van der Waals surface area contributed by atoms with Gasteiger partial charge in [-0.3, -0.25) is 4.79 Å². The molecule has 1 heterocycles. The van der Waals surface area contributed by atoms with E-state index in [-0.39, 0.29) is 12.5 Å². The lowest BCUT2D eigenvalue weighted by molar-refractivity contribution is -0.662. The highest BCUT2D eigenvalue weighted by molar-refractivity contribution is 6.34. The SMILES string of the molecule is O=C(COc1cc(Cl)ccc1Cl)N1CC[NH2+]CC1. The predicted octanol–water partition coefficient (Wildman–Crippen LogP) is 0.778. The van der Waals surface area contributed by atoms with E-state index in [0.29, 0.717) is 15.8 Å². The summed E-state index contributed by atoms with van der Waals surface area (Å²) in [6.07, 6.45) is 0. The Balaban J connectivity index is 1.90. The highest BCUT2D eigenvalue weighted by Crippen LogP contribution is 2.27. The van der Waals surface area contributed by atoms with Gasteiger partial charge in [-0.05, 0) is 12.1 Å². The lowest BCUT2D eigenvalue weighted by atomic mass is 10.3. The first-order valence-corrected chi connectivity index (χ1v) is 6.59.